The highest BCUT2D eigenvalue weighted by Crippen LogP contribution is 2.29. The predicted octanol–water partition coefficient (Wildman–Crippen LogP) is 4.08. The predicted molar refractivity (Wildman–Crippen MR) is 65.4 cm³/mol. The van der Waals surface area contributed by atoms with Gasteiger partial charge < -0.3 is 5.32 Å². The molecule has 0 radical (unpaired) electrons. The quantitative estimate of drug-likeness (QED) is 0.829. The minimum atomic E-state index is -4.32. The van der Waals surface area contributed by atoms with E-state index in [1.807, 2.05) is 6.92 Å². The second kappa shape index (κ2) is 6.23. The van der Waals surface area contributed by atoms with Crippen LogP contribution in [0.1, 0.15) is 25.3 Å². The lowest BCUT2D eigenvalue weighted by Crippen LogP contribution is -2.10. The molecule has 0 saturated carbocycles. The van der Waals surface area contributed by atoms with Crippen LogP contribution in [0.5, 0.6) is 0 Å². The third-order valence-electron chi connectivity index (χ3n) is 2.29. The number of anilines is 1. The van der Waals surface area contributed by atoms with Gasteiger partial charge in [-0.15, -0.1) is 0 Å². The summed E-state index contributed by atoms with van der Waals surface area (Å²) < 4.78 is 37.2. The molecule has 1 rings (SSSR count). The van der Waals surface area contributed by atoms with Gasteiger partial charge >= 0.3 is 6.18 Å². The monoisotopic (exact) mass is 310 g/mol. The first kappa shape index (κ1) is 14.3. The summed E-state index contributed by atoms with van der Waals surface area (Å²) in [6.45, 7) is 2.64. The number of rotatable bonds is 5. The first-order chi connectivity index (χ1) is 7.93. The highest BCUT2D eigenvalue weighted by molar-refractivity contribution is 9.09. The Hall–Kier alpha value is -0.780. The van der Waals surface area contributed by atoms with Gasteiger partial charge in [0.1, 0.15) is 5.82 Å². The summed E-state index contributed by atoms with van der Waals surface area (Å²) in [5.41, 5.74) is -0.680. The number of halogens is 4. The molecule has 17 heavy (non-hydrogen) atoms. The summed E-state index contributed by atoms with van der Waals surface area (Å²) >= 11 is 3.46. The minimum Gasteiger partial charge on any atom is -0.370 e. The molecule has 96 valence electrons. The third-order valence-corrected chi connectivity index (χ3v) is 3.40. The summed E-state index contributed by atoms with van der Waals surface area (Å²) in [5, 5.41) is 2.88. The molecular formula is C11H14BrF3N2. The van der Waals surface area contributed by atoms with Crippen LogP contribution >= 0.6 is 15.9 Å². The fraction of sp³-hybridized carbons (Fsp3) is 0.545. The van der Waals surface area contributed by atoms with E-state index in [0.29, 0.717) is 11.4 Å². The Morgan fingerprint density at radius 1 is 1.47 bits per heavy atom. The summed E-state index contributed by atoms with van der Waals surface area (Å²) in [5.74, 6) is 0.260. The lowest BCUT2D eigenvalue weighted by atomic mass is 10.2. The van der Waals surface area contributed by atoms with E-state index in [1.54, 1.807) is 0 Å². The Kier molecular flexibility index (Phi) is 5.24. The van der Waals surface area contributed by atoms with Crippen LogP contribution in [0.3, 0.4) is 0 Å². The number of nitrogens with zero attached hydrogens (tertiary/aromatic N) is 1. The van der Waals surface area contributed by atoms with Crippen molar-refractivity contribution in [3.05, 3.63) is 23.9 Å². The summed E-state index contributed by atoms with van der Waals surface area (Å²) in [7, 11) is 0. The molecule has 0 bridgehead atoms. The molecule has 0 saturated heterocycles. The van der Waals surface area contributed by atoms with E-state index in [9.17, 15) is 13.2 Å². The van der Waals surface area contributed by atoms with E-state index < -0.39 is 11.7 Å². The fourth-order valence-electron chi connectivity index (χ4n) is 1.26. The molecule has 1 aromatic rings. The molecule has 0 aliphatic carbocycles. The van der Waals surface area contributed by atoms with Gasteiger partial charge in [0, 0.05) is 17.6 Å². The zero-order valence-electron chi connectivity index (χ0n) is 9.39. The zero-order valence-corrected chi connectivity index (χ0v) is 11.0. The maximum atomic E-state index is 12.4. The van der Waals surface area contributed by atoms with Gasteiger partial charge in [0.25, 0.3) is 0 Å². The Balaban J connectivity index is 2.55. The van der Waals surface area contributed by atoms with Crippen LogP contribution in [0.4, 0.5) is 19.0 Å². The van der Waals surface area contributed by atoms with Gasteiger partial charge in [-0.25, -0.2) is 4.98 Å². The van der Waals surface area contributed by atoms with Crippen molar-refractivity contribution in [1.82, 2.24) is 4.98 Å². The number of pyridine rings is 1. The van der Waals surface area contributed by atoms with Crippen molar-refractivity contribution in [2.75, 3.05) is 11.9 Å². The average Bonchev–Trinajstić information content (AvgIpc) is 2.28. The van der Waals surface area contributed by atoms with Gasteiger partial charge in [-0.1, -0.05) is 22.9 Å². The van der Waals surface area contributed by atoms with Crippen LogP contribution in [-0.2, 0) is 6.18 Å². The van der Waals surface area contributed by atoms with Crippen molar-refractivity contribution in [3.8, 4) is 0 Å². The van der Waals surface area contributed by atoms with Gasteiger partial charge in [0.05, 0.1) is 5.56 Å². The molecule has 0 amide bonds. The van der Waals surface area contributed by atoms with Crippen LogP contribution in [-0.4, -0.2) is 16.4 Å². The van der Waals surface area contributed by atoms with Crippen LogP contribution in [0.25, 0.3) is 0 Å². The molecule has 1 N–H and O–H groups in total. The Bertz CT molecular complexity index is 355. The molecule has 0 aliphatic heterocycles. The smallest absolute Gasteiger partial charge is 0.370 e. The number of hydrogen-bond acceptors (Lipinski definition) is 2. The largest absolute Gasteiger partial charge is 0.416 e. The Morgan fingerprint density at radius 3 is 2.76 bits per heavy atom. The highest BCUT2D eigenvalue weighted by atomic mass is 79.9. The maximum absolute atomic E-state index is 12.4. The van der Waals surface area contributed by atoms with E-state index in [1.165, 1.54) is 0 Å². The SMILES string of the molecule is CCC(Br)CCNc1cc(C(F)(F)F)ccn1. The molecule has 1 heterocycles. The van der Waals surface area contributed by atoms with Gasteiger partial charge in [-0.05, 0) is 25.0 Å². The van der Waals surface area contributed by atoms with E-state index >= 15 is 0 Å². The first-order valence-corrected chi connectivity index (χ1v) is 6.26. The third kappa shape index (κ3) is 4.93. The molecule has 0 spiro atoms. The second-order valence-electron chi connectivity index (χ2n) is 3.65. The molecule has 0 aromatic carbocycles. The van der Waals surface area contributed by atoms with Crippen molar-refractivity contribution < 1.29 is 13.2 Å². The van der Waals surface area contributed by atoms with E-state index in [4.69, 9.17) is 0 Å². The molecule has 0 fully saturated rings. The van der Waals surface area contributed by atoms with E-state index in [0.717, 1.165) is 31.2 Å². The molecule has 1 unspecified atom stereocenters. The second-order valence-corrected chi connectivity index (χ2v) is 4.94. The zero-order chi connectivity index (χ0) is 12.9. The topological polar surface area (TPSA) is 24.9 Å². The molecule has 1 aromatic heterocycles. The van der Waals surface area contributed by atoms with Crippen LogP contribution in [0.2, 0.25) is 0 Å². The van der Waals surface area contributed by atoms with Gasteiger partial charge in [-0.3, -0.25) is 0 Å². The lowest BCUT2D eigenvalue weighted by Gasteiger charge is -2.11. The van der Waals surface area contributed by atoms with Crippen LogP contribution < -0.4 is 5.32 Å². The van der Waals surface area contributed by atoms with Crippen LogP contribution in [0, 0.1) is 0 Å². The standard InChI is InChI=1S/C11H14BrF3N2/c1-2-9(12)4-6-17-10-7-8(3-5-16-10)11(13,14)15/h3,5,7,9H,2,4,6H2,1H3,(H,16,17). The molecule has 0 aliphatic rings. The highest BCUT2D eigenvalue weighted by Gasteiger charge is 2.30. The van der Waals surface area contributed by atoms with Gasteiger partial charge in [-0.2, -0.15) is 13.2 Å². The van der Waals surface area contributed by atoms with Crippen molar-refractivity contribution in [1.29, 1.82) is 0 Å². The number of alkyl halides is 4. The number of aromatic nitrogens is 1. The van der Waals surface area contributed by atoms with Crippen molar-refractivity contribution in [2.24, 2.45) is 0 Å². The van der Waals surface area contributed by atoms with E-state index in [2.05, 4.69) is 26.2 Å². The molecule has 1 atom stereocenters. The minimum absolute atomic E-state index is 0.260. The normalized spacial score (nSPS) is 13.5. The Morgan fingerprint density at radius 2 is 2.18 bits per heavy atom. The van der Waals surface area contributed by atoms with Crippen molar-refractivity contribution in [3.63, 3.8) is 0 Å². The average molecular weight is 311 g/mol. The molecule has 6 heteroatoms. The van der Waals surface area contributed by atoms with Crippen molar-refractivity contribution in [2.45, 2.75) is 30.8 Å². The molecule has 2 nitrogen and oxygen atoms in total. The van der Waals surface area contributed by atoms with E-state index in [-0.39, 0.29) is 5.82 Å². The number of hydrogen-bond donors (Lipinski definition) is 1. The van der Waals surface area contributed by atoms with Gasteiger partial charge in [0.2, 0.25) is 0 Å². The number of nitrogens with one attached hydrogen (secondary N) is 1. The Labute approximate surface area is 107 Å². The van der Waals surface area contributed by atoms with Crippen LogP contribution in [0.15, 0.2) is 18.3 Å². The molecular weight excluding hydrogens is 297 g/mol. The first-order valence-electron chi connectivity index (χ1n) is 5.34. The summed E-state index contributed by atoms with van der Waals surface area (Å²) in [6, 6.07) is 1.99. The van der Waals surface area contributed by atoms with Gasteiger partial charge in [0.15, 0.2) is 0 Å². The summed E-state index contributed by atoms with van der Waals surface area (Å²) in [6.07, 6.45) is -1.33. The lowest BCUT2D eigenvalue weighted by molar-refractivity contribution is -0.137. The van der Waals surface area contributed by atoms with Crippen molar-refractivity contribution >= 4 is 21.7 Å². The fourth-order valence-corrected chi connectivity index (χ4v) is 1.49. The summed E-state index contributed by atoms with van der Waals surface area (Å²) in [4.78, 5) is 4.22. The maximum Gasteiger partial charge on any atom is 0.416 e.